The average molecular weight is 477 g/mol. The van der Waals surface area contributed by atoms with Crippen molar-refractivity contribution in [1.29, 1.82) is 0 Å². The summed E-state index contributed by atoms with van der Waals surface area (Å²) in [6, 6.07) is 9.16. The van der Waals surface area contributed by atoms with Crippen LogP contribution in [0.1, 0.15) is 55.6 Å². The maximum absolute atomic E-state index is 13.2. The maximum Gasteiger partial charge on any atom is 0.257 e. The quantitative estimate of drug-likeness (QED) is 0.561. The van der Waals surface area contributed by atoms with Gasteiger partial charge in [0.25, 0.3) is 5.91 Å². The van der Waals surface area contributed by atoms with Gasteiger partial charge in [0.05, 0.1) is 30.8 Å². The summed E-state index contributed by atoms with van der Waals surface area (Å²) >= 11 is 0. The van der Waals surface area contributed by atoms with Crippen molar-refractivity contribution in [3.05, 3.63) is 47.5 Å². The van der Waals surface area contributed by atoms with Crippen molar-refractivity contribution >= 4 is 15.9 Å². The molecule has 0 spiro atoms. The van der Waals surface area contributed by atoms with Gasteiger partial charge >= 0.3 is 0 Å². The van der Waals surface area contributed by atoms with Crippen LogP contribution in [-0.4, -0.2) is 52.6 Å². The Kier molecular flexibility index (Phi) is 8.20. The molecule has 180 valence electrons. The number of hydrogen-bond acceptors (Lipinski definition) is 6. The van der Waals surface area contributed by atoms with E-state index in [4.69, 9.17) is 14.2 Å². The largest absolute Gasteiger partial charge is 0.496 e. The van der Waals surface area contributed by atoms with E-state index in [0.29, 0.717) is 43.6 Å². The number of nitrogens with one attached hydrogen (secondary N) is 1. The molecule has 1 saturated heterocycles. The smallest absolute Gasteiger partial charge is 0.257 e. The maximum atomic E-state index is 13.2. The van der Waals surface area contributed by atoms with Gasteiger partial charge in [-0.3, -0.25) is 4.79 Å². The van der Waals surface area contributed by atoms with E-state index in [1.165, 1.54) is 25.3 Å². The fourth-order valence-corrected chi connectivity index (χ4v) is 5.08. The summed E-state index contributed by atoms with van der Waals surface area (Å²) in [6.45, 7) is 7.79. The summed E-state index contributed by atoms with van der Waals surface area (Å²) < 4.78 is 45.6. The molecule has 1 aliphatic rings. The Balaban J connectivity index is 1.86. The van der Waals surface area contributed by atoms with Gasteiger partial charge in [0, 0.05) is 19.1 Å². The molecule has 2 aromatic carbocycles. The predicted octanol–water partition coefficient (Wildman–Crippen LogP) is 3.77. The molecule has 0 bridgehead atoms. The molecule has 3 rings (SSSR count). The number of amides is 1. The number of carbonyl (C=O) groups excluding carboxylic acids is 1. The van der Waals surface area contributed by atoms with Gasteiger partial charge in [-0.25, -0.2) is 13.1 Å². The Morgan fingerprint density at radius 2 is 1.64 bits per heavy atom. The summed E-state index contributed by atoms with van der Waals surface area (Å²) in [7, 11) is -2.44. The van der Waals surface area contributed by atoms with E-state index in [1.54, 1.807) is 30.0 Å². The standard InChI is InChI=1S/C24H32N2O6S/c1-5-31-22-11-9-18(15-23(22)32-6-2)17(3)25-33(28,29)19-10-12-21(30-4)20(16-19)24(27)26-13-7-8-14-26/h9-12,15-17,25H,5-8,13-14H2,1-4H3. The summed E-state index contributed by atoms with van der Waals surface area (Å²) in [5.74, 6) is 1.30. The van der Waals surface area contributed by atoms with Crippen molar-refractivity contribution in [3.8, 4) is 17.2 Å². The van der Waals surface area contributed by atoms with Gasteiger partial charge < -0.3 is 19.1 Å². The lowest BCUT2D eigenvalue weighted by molar-refractivity contribution is 0.0789. The first-order chi connectivity index (χ1) is 15.8. The van der Waals surface area contributed by atoms with Gasteiger partial charge in [-0.05, 0) is 69.5 Å². The van der Waals surface area contributed by atoms with Crippen molar-refractivity contribution in [2.75, 3.05) is 33.4 Å². The first-order valence-corrected chi connectivity index (χ1v) is 12.7. The molecule has 0 aliphatic carbocycles. The highest BCUT2D eigenvalue weighted by Gasteiger charge is 2.26. The highest BCUT2D eigenvalue weighted by atomic mass is 32.2. The zero-order chi connectivity index (χ0) is 24.0. The van der Waals surface area contributed by atoms with Crippen molar-refractivity contribution in [1.82, 2.24) is 9.62 Å². The van der Waals surface area contributed by atoms with Crippen LogP contribution in [0.3, 0.4) is 0 Å². The normalized spacial score (nSPS) is 14.7. The summed E-state index contributed by atoms with van der Waals surface area (Å²) in [4.78, 5) is 14.7. The fourth-order valence-electron chi connectivity index (χ4n) is 3.82. The topological polar surface area (TPSA) is 94.2 Å². The molecule has 8 nitrogen and oxygen atoms in total. The third-order valence-electron chi connectivity index (χ3n) is 5.50. The SMILES string of the molecule is CCOc1ccc(C(C)NS(=O)(=O)c2ccc(OC)c(C(=O)N3CCCC3)c2)cc1OCC. The van der Waals surface area contributed by atoms with Crippen LogP contribution < -0.4 is 18.9 Å². The molecule has 0 saturated carbocycles. The van der Waals surface area contributed by atoms with Gasteiger partial charge in [0.15, 0.2) is 11.5 Å². The zero-order valence-electron chi connectivity index (χ0n) is 19.6. The minimum absolute atomic E-state index is 0.00802. The number of sulfonamides is 1. The second-order valence-corrected chi connectivity index (χ2v) is 9.49. The second kappa shape index (κ2) is 10.9. The van der Waals surface area contributed by atoms with E-state index in [0.717, 1.165) is 18.4 Å². The van der Waals surface area contributed by atoms with Crippen molar-refractivity contribution in [2.45, 2.75) is 44.6 Å². The van der Waals surface area contributed by atoms with Gasteiger partial charge in [0.2, 0.25) is 10.0 Å². The molecule has 0 radical (unpaired) electrons. The number of methoxy groups -OCH3 is 1. The Morgan fingerprint density at radius 1 is 1.00 bits per heavy atom. The van der Waals surface area contributed by atoms with Gasteiger partial charge in [0.1, 0.15) is 5.75 Å². The lowest BCUT2D eigenvalue weighted by Gasteiger charge is -2.19. The molecular weight excluding hydrogens is 444 g/mol. The molecule has 9 heteroatoms. The molecule has 1 heterocycles. The van der Waals surface area contributed by atoms with Crippen molar-refractivity contribution in [2.24, 2.45) is 0 Å². The number of nitrogens with zero attached hydrogens (tertiary/aromatic N) is 1. The minimum Gasteiger partial charge on any atom is -0.496 e. The Labute approximate surface area is 195 Å². The molecule has 1 unspecified atom stereocenters. The van der Waals surface area contributed by atoms with E-state index in [2.05, 4.69) is 4.72 Å². The monoisotopic (exact) mass is 476 g/mol. The third-order valence-corrected chi connectivity index (χ3v) is 7.04. The summed E-state index contributed by atoms with van der Waals surface area (Å²) in [5, 5.41) is 0. The molecule has 1 amide bonds. The van der Waals surface area contributed by atoms with Crippen LogP contribution in [0.4, 0.5) is 0 Å². The van der Waals surface area contributed by atoms with Crippen LogP contribution >= 0.6 is 0 Å². The number of benzene rings is 2. The summed E-state index contributed by atoms with van der Waals surface area (Å²) in [5.41, 5.74) is 0.974. The Morgan fingerprint density at radius 3 is 2.27 bits per heavy atom. The van der Waals surface area contributed by atoms with Gasteiger partial charge in [-0.15, -0.1) is 0 Å². The van der Waals surface area contributed by atoms with Gasteiger partial charge in [-0.2, -0.15) is 0 Å². The van der Waals surface area contributed by atoms with E-state index < -0.39 is 16.1 Å². The highest BCUT2D eigenvalue weighted by Crippen LogP contribution is 2.32. The molecule has 0 aromatic heterocycles. The minimum atomic E-state index is -3.91. The van der Waals surface area contributed by atoms with Crippen LogP contribution in [0.15, 0.2) is 41.3 Å². The van der Waals surface area contributed by atoms with E-state index in [-0.39, 0.29) is 16.4 Å². The molecular formula is C24H32N2O6S. The molecule has 1 N–H and O–H groups in total. The highest BCUT2D eigenvalue weighted by molar-refractivity contribution is 7.89. The predicted molar refractivity (Wildman–Crippen MR) is 126 cm³/mol. The molecule has 1 fully saturated rings. The van der Waals surface area contributed by atoms with E-state index in [1.807, 2.05) is 13.8 Å². The van der Waals surface area contributed by atoms with Crippen LogP contribution in [0.25, 0.3) is 0 Å². The average Bonchev–Trinajstić information content (AvgIpc) is 3.34. The molecule has 1 atom stereocenters. The Hall–Kier alpha value is -2.78. The van der Waals surface area contributed by atoms with E-state index >= 15 is 0 Å². The molecule has 1 aliphatic heterocycles. The summed E-state index contributed by atoms with van der Waals surface area (Å²) in [6.07, 6.45) is 1.88. The van der Waals surface area contributed by atoms with Crippen LogP contribution in [0.2, 0.25) is 0 Å². The Bertz CT molecular complexity index is 1080. The van der Waals surface area contributed by atoms with E-state index in [9.17, 15) is 13.2 Å². The second-order valence-electron chi connectivity index (χ2n) is 7.78. The van der Waals surface area contributed by atoms with Crippen LogP contribution in [0, 0.1) is 0 Å². The lowest BCUT2D eigenvalue weighted by Crippen LogP contribution is -2.29. The molecule has 2 aromatic rings. The van der Waals surface area contributed by atoms with Crippen LogP contribution in [0.5, 0.6) is 17.2 Å². The first kappa shape index (κ1) is 24.9. The van der Waals surface area contributed by atoms with Gasteiger partial charge in [-0.1, -0.05) is 6.07 Å². The lowest BCUT2D eigenvalue weighted by atomic mass is 10.1. The number of carbonyl (C=O) groups is 1. The molecule has 33 heavy (non-hydrogen) atoms. The number of likely N-dealkylation sites (tertiary alicyclic amines) is 1. The van der Waals surface area contributed by atoms with Crippen molar-refractivity contribution in [3.63, 3.8) is 0 Å². The fraction of sp³-hybridized carbons (Fsp3) is 0.458. The number of hydrogen-bond donors (Lipinski definition) is 1. The van der Waals surface area contributed by atoms with Crippen LogP contribution in [-0.2, 0) is 10.0 Å². The number of rotatable bonds is 10. The first-order valence-electron chi connectivity index (χ1n) is 11.2. The third kappa shape index (κ3) is 5.78. The zero-order valence-corrected chi connectivity index (χ0v) is 20.4. The van der Waals surface area contributed by atoms with Crippen molar-refractivity contribution < 1.29 is 27.4 Å². The number of ether oxygens (including phenoxy) is 3.